The van der Waals surface area contributed by atoms with Crippen LogP contribution in [0.1, 0.15) is 12.8 Å². The number of ether oxygens (including phenoxy) is 2. The van der Waals surface area contributed by atoms with Gasteiger partial charge in [-0.25, -0.2) is 4.98 Å². The van der Waals surface area contributed by atoms with E-state index < -0.39 is 0 Å². The molecule has 2 amide bonds. The maximum atomic E-state index is 12.5. The molecule has 8 nitrogen and oxygen atoms in total. The molecule has 1 aliphatic heterocycles. The van der Waals surface area contributed by atoms with Crippen LogP contribution in [0.2, 0.25) is 5.02 Å². The fourth-order valence-electron chi connectivity index (χ4n) is 3.90. The lowest BCUT2D eigenvalue weighted by Crippen LogP contribution is -2.38. The van der Waals surface area contributed by atoms with E-state index in [1.165, 1.54) is 7.11 Å². The number of nitrogens with one attached hydrogen (secondary N) is 1. The number of hydrogen-bond acceptors (Lipinski definition) is 6. The Bertz CT molecular complexity index is 1180. The van der Waals surface area contributed by atoms with Gasteiger partial charge in [-0.3, -0.25) is 9.59 Å². The van der Waals surface area contributed by atoms with Crippen molar-refractivity contribution in [1.82, 2.24) is 4.98 Å². The Balaban J connectivity index is 1.47. The molecular formula is C24H25ClN4O4. The van der Waals surface area contributed by atoms with Gasteiger partial charge in [-0.15, -0.1) is 0 Å². The number of primary amides is 1. The summed E-state index contributed by atoms with van der Waals surface area (Å²) in [6, 6.07) is 14.5. The number of benzene rings is 2. The molecule has 0 aliphatic carbocycles. The Labute approximate surface area is 196 Å². The third-order valence-corrected chi connectivity index (χ3v) is 5.92. The van der Waals surface area contributed by atoms with Crippen molar-refractivity contribution in [3.8, 4) is 11.5 Å². The van der Waals surface area contributed by atoms with Crippen molar-refractivity contribution < 1.29 is 19.1 Å². The first-order valence-corrected chi connectivity index (χ1v) is 11.0. The molecule has 0 unspecified atom stereocenters. The molecule has 0 radical (unpaired) electrons. The number of hydrogen-bond donors (Lipinski definition) is 2. The molecule has 2 heterocycles. The molecule has 172 valence electrons. The van der Waals surface area contributed by atoms with Crippen LogP contribution >= 0.6 is 11.6 Å². The molecule has 0 bridgehead atoms. The standard InChI is InChI=1S/C24H25ClN4O4/c1-32-19-7-6-17(25)13-18(19)27-22(30)14-33-20-4-2-3-15-5-8-21(28-23(15)20)29-11-9-16(10-12-29)24(26)31/h2-8,13,16H,9-12,14H2,1H3,(H2,26,31)(H,27,30). The zero-order valence-corrected chi connectivity index (χ0v) is 19.0. The van der Waals surface area contributed by atoms with E-state index in [2.05, 4.69) is 10.2 Å². The lowest BCUT2D eigenvalue weighted by atomic mass is 9.96. The number of pyridine rings is 1. The van der Waals surface area contributed by atoms with Crippen LogP contribution in [0.25, 0.3) is 10.9 Å². The van der Waals surface area contributed by atoms with Gasteiger partial charge in [0.05, 0.1) is 12.8 Å². The third-order valence-electron chi connectivity index (χ3n) is 5.68. The Hall–Kier alpha value is -3.52. The largest absolute Gasteiger partial charge is 0.495 e. The number of amides is 2. The summed E-state index contributed by atoms with van der Waals surface area (Å²) in [7, 11) is 1.52. The maximum absolute atomic E-state index is 12.5. The van der Waals surface area contributed by atoms with Crippen molar-refractivity contribution in [3.05, 3.63) is 53.6 Å². The Morgan fingerprint density at radius 2 is 1.94 bits per heavy atom. The minimum Gasteiger partial charge on any atom is -0.495 e. The number of nitrogens with two attached hydrogens (primary N) is 1. The van der Waals surface area contributed by atoms with Gasteiger partial charge in [0.1, 0.15) is 22.8 Å². The van der Waals surface area contributed by atoms with Crippen LogP contribution in [0.4, 0.5) is 11.5 Å². The molecule has 3 N–H and O–H groups in total. The Morgan fingerprint density at radius 3 is 2.67 bits per heavy atom. The molecule has 1 aliphatic rings. The lowest BCUT2D eigenvalue weighted by molar-refractivity contribution is -0.122. The van der Waals surface area contributed by atoms with Crippen molar-refractivity contribution in [2.45, 2.75) is 12.8 Å². The van der Waals surface area contributed by atoms with Crippen LogP contribution in [0.15, 0.2) is 48.5 Å². The maximum Gasteiger partial charge on any atom is 0.262 e. The predicted octanol–water partition coefficient (Wildman–Crippen LogP) is 3.62. The summed E-state index contributed by atoms with van der Waals surface area (Å²) in [6.07, 6.45) is 1.42. The lowest BCUT2D eigenvalue weighted by Gasteiger charge is -2.31. The third kappa shape index (κ3) is 5.28. The van der Waals surface area contributed by atoms with E-state index in [-0.39, 0.29) is 24.3 Å². The zero-order chi connectivity index (χ0) is 23.4. The number of piperidine rings is 1. The molecule has 1 saturated heterocycles. The van der Waals surface area contributed by atoms with E-state index >= 15 is 0 Å². The quantitative estimate of drug-likeness (QED) is 0.548. The van der Waals surface area contributed by atoms with Gasteiger partial charge in [0, 0.05) is 29.4 Å². The van der Waals surface area contributed by atoms with Gasteiger partial charge in [0.15, 0.2) is 6.61 Å². The molecule has 0 saturated carbocycles. The average Bonchev–Trinajstić information content (AvgIpc) is 2.82. The number of nitrogens with zero attached hydrogens (tertiary/aromatic N) is 2. The SMILES string of the molecule is COc1ccc(Cl)cc1NC(=O)COc1cccc2ccc(N3CCC(C(N)=O)CC3)nc12. The smallest absolute Gasteiger partial charge is 0.262 e. The van der Waals surface area contributed by atoms with E-state index in [1.807, 2.05) is 24.3 Å². The molecule has 3 aromatic rings. The molecule has 2 aromatic carbocycles. The summed E-state index contributed by atoms with van der Waals surface area (Å²) in [4.78, 5) is 30.9. The van der Waals surface area contributed by atoms with E-state index in [9.17, 15) is 9.59 Å². The summed E-state index contributed by atoms with van der Waals surface area (Å²) in [5.41, 5.74) is 6.58. The molecule has 4 rings (SSSR count). The second-order valence-electron chi connectivity index (χ2n) is 7.84. The van der Waals surface area contributed by atoms with E-state index in [0.717, 1.165) is 11.2 Å². The van der Waals surface area contributed by atoms with Crippen molar-refractivity contribution in [2.24, 2.45) is 11.7 Å². The van der Waals surface area contributed by atoms with Crippen LogP contribution in [-0.4, -0.2) is 43.6 Å². The summed E-state index contributed by atoms with van der Waals surface area (Å²) in [5, 5.41) is 4.14. The van der Waals surface area contributed by atoms with Gasteiger partial charge in [0.2, 0.25) is 5.91 Å². The first kappa shape index (κ1) is 22.7. The molecule has 9 heteroatoms. The Kier molecular flexibility index (Phi) is 6.84. The average molecular weight is 469 g/mol. The van der Waals surface area contributed by atoms with Crippen LogP contribution in [0.5, 0.6) is 11.5 Å². The minimum absolute atomic E-state index is 0.0859. The minimum atomic E-state index is -0.350. The number of carbonyl (C=O) groups excluding carboxylic acids is 2. The molecule has 1 fully saturated rings. The van der Waals surface area contributed by atoms with Gasteiger partial charge < -0.3 is 25.4 Å². The monoisotopic (exact) mass is 468 g/mol. The molecule has 33 heavy (non-hydrogen) atoms. The number of para-hydroxylation sites is 1. The summed E-state index contributed by atoms with van der Waals surface area (Å²) in [5.74, 6) is 1.13. The van der Waals surface area contributed by atoms with E-state index in [0.29, 0.717) is 53.7 Å². The Morgan fingerprint density at radius 1 is 1.15 bits per heavy atom. The van der Waals surface area contributed by atoms with Gasteiger partial charge >= 0.3 is 0 Å². The normalized spacial score (nSPS) is 14.2. The highest BCUT2D eigenvalue weighted by atomic mass is 35.5. The number of halogens is 1. The second-order valence-corrected chi connectivity index (χ2v) is 8.28. The van der Waals surface area contributed by atoms with Gasteiger partial charge in [-0.2, -0.15) is 0 Å². The van der Waals surface area contributed by atoms with Crippen LogP contribution in [-0.2, 0) is 9.59 Å². The van der Waals surface area contributed by atoms with Gasteiger partial charge in [-0.1, -0.05) is 23.7 Å². The first-order valence-electron chi connectivity index (χ1n) is 10.6. The number of rotatable bonds is 7. The number of fused-ring (bicyclic) bond motifs is 1. The van der Waals surface area contributed by atoms with Crippen LogP contribution in [0, 0.1) is 5.92 Å². The molecule has 0 atom stereocenters. The van der Waals surface area contributed by atoms with Gasteiger partial charge in [-0.05, 0) is 49.2 Å². The first-order chi connectivity index (χ1) is 15.9. The zero-order valence-electron chi connectivity index (χ0n) is 18.2. The van der Waals surface area contributed by atoms with Crippen LogP contribution < -0.4 is 25.4 Å². The van der Waals surface area contributed by atoms with Crippen molar-refractivity contribution in [1.29, 1.82) is 0 Å². The van der Waals surface area contributed by atoms with Crippen molar-refractivity contribution in [2.75, 3.05) is 37.0 Å². The second kappa shape index (κ2) is 9.95. The fraction of sp³-hybridized carbons (Fsp3) is 0.292. The number of carbonyl (C=O) groups is 2. The molecule has 0 spiro atoms. The van der Waals surface area contributed by atoms with Crippen molar-refractivity contribution in [3.63, 3.8) is 0 Å². The van der Waals surface area contributed by atoms with Crippen molar-refractivity contribution >= 4 is 45.8 Å². The summed E-state index contributed by atoms with van der Waals surface area (Å²) >= 11 is 6.02. The summed E-state index contributed by atoms with van der Waals surface area (Å²) in [6.45, 7) is 1.21. The molecule has 1 aromatic heterocycles. The number of anilines is 2. The highest BCUT2D eigenvalue weighted by molar-refractivity contribution is 6.31. The van der Waals surface area contributed by atoms with Crippen LogP contribution in [0.3, 0.4) is 0 Å². The van der Waals surface area contributed by atoms with E-state index in [4.69, 9.17) is 31.8 Å². The highest BCUT2D eigenvalue weighted by Crippen LogP contribution is 2.30. The van der Waals surface area contributed by atoms with Gasteiger partial charge in [0.25, 0.3) is 5.91 Å². The predicted molar refractivity (Wildman–Crippen MR) is 128 cm³/mol. The highest BCUT2D eigenvalue weighted by Gasteiger charge is 2.24. The number of aromatic nitrogens is 1. The number of methoxy groups -OCH3 is 1. The molecular weight excluding hydrogens is 444 g/mol. The summed E-state index contributed by atoms with van der Waals surface area (Å²) < 4.78 is 11.1. The topological polar surface area (TPSA) is 107 Å². The fourth-order valence-corrected chi connectivity index (χ4v) is 4.07. The van der Waals surface area contributed by atoms with E-state index in [1.54, 1.807) is 24.3 Å².